The number of rotatable bonds is 2. The highest BCUT2D eigenvalue weighted by molar-refractivity contribution is 7.06. The molecule has 1 aromatic carbocycles. The minimum Gasteiger partial charge on any atom is -0.476 e. The summed E-state index contributed by atoms with van der Waals surface area (Å²) in [4.78, 5) is 12.0. The number of aromatic carboxylic acids is 1. The topological polar surface area (TPSA) is 59.4 Å². The van der Waals surface area contributed by atoms with Crippen molar-refractivity contribution in [3.05, 3.63) is 52.0 Å². The van der Waals surface area contributed by atoms with Crippen LogP contribution in [0.5, 0.6) is 0 Å². The van der Waals surface area contributed by atoms with Crippen molar-refractivity contribution in [1.29, 1.82) is 0 Å². The molecule has 18 heavy (non-hydrogen) atoms. The van der Waals surface area contributed by atoms with E-state index < -0.39 is 5.97 Å². The number of ether oxygens (including phenoxy) is 1. The largest absolute Gasteiger partial charge is 0.476 e. The van der Waals surface area contributed by atoms with Crippen LogP contribution < -0.4 is 0 Å². The number of benzene rings is 1. The number of hydrogen-bond donors (Lipinski definition) is 1. The molecule has 0 amide bonds. The molecule has 1 atom stereocenters. The van der Waals surface area contributed by atoms with E-state index in [4.69, 9.17) is 9.84 Å². The fourth-order valence-electron chi connectivity index (χ4n) is 2.14. The minimum absolute atomic E-state index is 0.0757. The van der Waals surface area contributed by atoms with Crippen molar-refractivity contribution in [2.75, 3.05) is 0 Å². The van der Waals surface area contributed by atoms with Gasteiger partial charge in [0.1, 0.15) is 0 Å². The van der Waals surface area contributed by atoms with Crippen LogP contribution in [0, 0.1) is 0 Å². The SMILES string of the molecule is O=C(O)c1nsc2c1CC(c1ccccc1)OC2. The second-order valence-corrected chi connectivity index (χ2v) is 5.01. The monoisotopic (exact) mass is 261 g/mol. The van der Waals surface area contributed by atoms with Crippen LogP contribution in [0.4, 0.5) is 0 Å². The Labute approximate surface area is 108 Å². The third-order valence-corrected chi connectivity index (χ3v) is 3.91. The van der Waals surface area contributed by atoms with Gasteiger partial charge in [0.05, 0.1) is 17.6 Å². The van der Waals surface area contributed by atoms with Crippen LogP contribution in [0.15, 0.2) is 30.3 Å². The van der Waals surface area contributed by atoms with Gasteiger partial charge in [0.2, 0.25) is 0 Å². The predicted octanol–water partition coefficient (Wildman–Crippen LogP) is 2.66. The van der Waals surface area contributed by atoms with Crippen molar-refractivity contribution < 1.29 is 14.6 Å². The molecule has 4 nitrogen and oxygen atoms in total. The lowest BCUT2D eigenvalue weighted by molar-refractivity contribution is 0.0291. The number of fused-ring (bicyclic) bond motifs is 1. The van der Waals surface area contributed by atoms with Crippen molar-refractivity contribution in [3.8, 4) is 0 Å². The van der Waals surface area contributed by atoms with Gasteiger partial charge in [-0.25, -0.2) is 4.79 Å². The van der Waals surface area contributed by atoms with Gasteiger partial charge < -0.3 is 9.84 Å². The highest BCUT2D eigenvalue weighted by Crippen LogP contribution is 2.34. The first-order valence-electron chi connectivity index (χ1n) is 5.63. The lowest BCUT2D eigenvalue weighted by Crippen LogP contribution is -2.16. The Balaban J connectivity index is 1.93. The number of carbonyl (C=O) groups is 1. The van der Waals surface area contributed by atoms with Crippen LogP contribution in [0.3, 0.4) is 0 Å². The molecule has 1 aliphatic rings. The second-order valence-electron chi connectivity index (χ2n) is 4.15. The van der Waals surface area contributed by atoms with E-state index in [1.165, 1.54) is 11.5 Å². The van der Waals surface area contributed by atoms with Crippen molar-refractivity contribution in [2.45, 2.75) is 19.1 Å². The first-order chi connectivity index (χ1) is 8.75. The quantitative estimate of drug-likeness (QED) is 0.902. The van der Waals surface area contributed by atoms with Crippen LogP contribution >= 0.6 is 11.5 Å². The van der Waals surface area contributed by atoms with E-state index in [0.717, 1.165) is 16.0 Å². The van der Waals surface area contributed by atoms with Gasteiger partial charge in [-0.1, -0.05) is 30.3 Å². The molecule has 2 aromatic rings. The molecule has 1 aliphatic heterocycles. The summed E-state index contributed by atoms with van der Waals surface area (Å²) in [6, 6.07) is 9.86. The molecule has 0 saturated heterocycles. The van der Waals surface area contributed by atoms with Crippen molar-refractivity contribution in [3.63, 3.8) is 0 Å². The summed E-state index contributed by atoms with van der Waals surface area (Å²) < 4.78 is 9.75. The molecule has 1 aromatic heterocycles. The normalized spacial score (nSPS) is 18.3. The highest BCUT2D eigenvalue weighted by atomic mass is 32.1. The van der Waals surface area contributed by atoms with Crippen LogP contribution in [-0.2, 0) is 17.8 Å². The van der Waals surface area contributed by atoms with Gasteiger partial charge in [0, 0.05) is 12.0 Å². The molecule has 0 spiro atoms. The van der Waals surface area contributed by atoms with Gasteiger partial charge in [-0.15, -0.1) is 0 Å². The Morgan fingerprint density at radius 2 is 2.17 bits per heavy atom. The molecule has 1 unspecified atom stereocenters. The summed E-state index contributed by atoms with van der Waals surface area (Å²) in [6.07, 6.45) is 0.505. The zero-order valence-electron chi connectivity index (χ0n) is 9.50. The summed E-state index contributed by atoms with van der Waals surface area (Å²) in [5, 5.41) is 9.09. The average Bonchev–Trinajstić information content (AvgIpc) is 2.82. The van der Waals surface area contributed by atoms with Gasteiger partial charge >= 0.3 is 5.97 Å². The summed E-state index contributed by atoms with van der Waals surface area (Å²) in [5.41, 5.74) is 2.08. The van der Waals surface area contributed by atoms with Gasteiger partial charge in [0.25, 0.3) is 0 Å². The number of carboxylic acid groups (broad SMARTS) is 1. The lowest BCUT2D eigenvalue weighted by Gasteiger charge is -2.23. The molecular formula is C13H11NO3S. The van der Waals surface area contributed by atoms with Crippen molar-refractivity contribution in [2.24, 2.45) is 0 Å². The first kappa shape index (κ1) is 11.4. The molecule has 92 valence electrons. The molecular weight excluding hydrogens is 250 g/mol. The average molecular weight is 261 g/mol. The lowest BCUT2D eigenvalue weighted by atomic mass is 9.98. The van der Waals surface area contributed by atoms with E-state index in [9.17, 15) is 4.79 Å². The van der Waals surface area contributed by atoms with E-state index in [0.29, 0.717) is 13.0 Å². The summed E-state index contributed by atoms with van der Waals surface area (Å²) in [7, 11) is 0. The Kier molecular flexibility index (Phi) is 2.85. The Bertz CT molecular complexity index is 579. The molecule has 2 heterocycles. The number of carboxylic acids is 1. The fraction of sp³-hybridized carbons (Fsp3) is 0.231. The molecule has 3 rings (SSSR count). The van der Waals surface area contributed by atoms with Crippen LogP contribution in [0.25, 0.3) is 0 Å². The molecule has 1 N–H and O–H groups in total. The smallest absolute Gasteiger partial charge is 0.355 e. The molecule has 5 heteroatoms. The standard InChI is InChI=1S/C13H11NO3S/c15-13(16)12-9-6-10(8-4-2-1-3-5-8)17-7-11(9)18-14-12/h1-5,10H,6-7H2,(H,15,16). The van der Waals surface area contributed by atoms with Gasteiger partial charge in [-0.05, 0) is 17.1 Å². The molecule has 0 fully saturated rings. The fourth-order valence-corrected chi connectivity index (χ4v) is 2.94. The van der Waals surface area contributed by atoms with Gasteiger partial charge in [-0.2, -0.15) is 4.37 Å². The highest BCUT2D eigenvalue weighted by Gasteiger charge is 2.27. The maximum Gasteiger partial charge on any atom is 0.355 e. The maximum atomic E-state index is 11.1. The van der Waals surface area contributed by atoms with Crippen LogP contribution in [0.2, 0.25) is 0 Å². The van der Waals surface area contributed by atoms with Crippen LogP contribution in [-0.4, -0.2) is 15.4 Å². The minimum atomic E-state index is -0.957. The van der Waals surface area contributed by atoms with E-state index in [1.807, 2.05) is 30.3 Å². The van der Waals surface area contributed by atoms with Crippen LogP contribution in [0.1, 0.15) is 32.6 Å². The Morgan fingerprint density at radius 1 is 1.39 bits per heavy atom. The van der Waals surface area contributed by atoms with E-state index in [-0.39, 0.29) is 11.8 Å². The first-order valence-corrected chi connectivity index (χ1v) is 6.40. The third kappa shape index (κ3) is 1.91. The number of nitrogens with zero attached hydrogens (tertiary/aromatic N) is 1. The predicted molar refractivity (Wildman–Crippen MR) is 66.7 cm³/mol. The number of aromatic nitrogens is 1. The summed E-state index contributed by atoms with van der Waals surface area (Å²) >= 11 is 1.22. The summed E-state index contributed by atoms with van der Waals surface area (Å²) in [5.74, 6) is -0.957. The molecule has 0 saturated carbocycles. The second kappa shape index (κ2) is 4.51. The van der Waals surface area contributed by atoms with Crippen molar-refractivity contribution in [1.82, 2.24) is 4.37 Å². The molecule has 0 aliphatic carbocycles. The third-order valence-electron chi connectivity index (χ3n) is 3.05. The Hall–Kier alpha value is -1.72. The van der Waals surface area contributed by atoms with E-state index >= 15 is 0 Å². The number of hydrogen-bond acceptors (Lipinski definition) is 4. The van der Waals surface area contributed by atoms with Crippen molar-refractivity contribution >= 4 is 17.5 Å². The molecule has 0 bridgehead atoms. The molecule has 0 radical (unpaired) electrons. The Morgan fingerprint density at radius 3 is 2.89 bits per heavy atom. The van der Waals surface area contributed by atoms with Gasteiger partial charge in [-0.3, -0.25) is 0 Å². The maximum absolute atomic E-state index is 11.1. The zero-order chi connectivity index (χ0) is 12.5. The summed E-state index contributed by atoms with van der Waals surface area (Å²) in [6.45, 7) is 0.444. The van der Waals surface area contributed by atoms with E-state index in [1.54, 1.807) is 0 Å². The van der Waals surface area contributed by atoms with E-state index in [2.05, 4.69) is 4.37 Å². The van der Waals surface area contributed by atoms with Gasteiger partial charge in [0.15, 0.2) is 5.69 Å². The zero-order valence-corrected chi connectivity index (χ0v) is 10.3.